The van der Waals surface area contributed by atoms with E-state index in [-0.39, 0.29) is 5.91 Å². The van der Waals surface area contributed by atoms with Gasteiger partial charge in [-0.3, -0.25) is 4.79 Å². The zero-order valence-corrected chi connectivity index (χ0v) is 10.5. The largest absolute Gasteiger partial charge is 0.323 e. The third-order valence-electron chi connectivity index (χ3n) is 2.14. The smallest absolute Gasteiger partial charge is 0.248 e. The molecule has 0 aromatic heterocycles. The molecule has 0 saturated heterocycles. The second-order valence-corrected chi connectivity index (χ2v) is 3.59. The van der Waals surface area contributed by atoms with E-state index in [1.54, 1.807) is 18.2 Å². The van der Waals surface area contributed by atoms with Gasteiger partial charge in [-0.2, -0.15) is 0 Å². The highest BCUT2D eigenvalue weighted by Gasteiger charge is 1.96. The summed E-state index contributed by atoms with van der Waals surface area (Å²) in [6, 6.07) is 9.68. The van der Waals surface area contributed by atoms with Crippen LogP contribution in [0.4, 0.5) is 0 Å². The predicted octanol–water partition coefficient (Wildman–Crippen LogP) is 3.46. The summed E-state index contributed by atoms with van der Waals surface area (Å²) in [6.45, 7) is 5.50. The van der Waals surface area contributed by atoms with Crippen LogP contribution in [-0.2, 0) is 4.79 Å². The lowest BCUT2D eigenvalue weighted by Crippen LogP contribution is -2.18. The number of hydrogen-bond acceptors (Lipinski definition) is 1. The van der Waals surface area contributed by atoms with Crippen LogP contribution in [0.5, 0.6) is 0 Å². The van der Waals surface area contributed by atoms with Crippen molar-refractivity contribution in [3.63, 3.8) is 0 Å². The molecule has 2 nitrogen and oxygen atoms in total. The molecule has 0 fully saturated rings. The van der Waals surface area contributed by atoms with Crippen molar-refractivity contribution in [1.82, 2.24) is 5.32 Å². The highest BCUT2D eigenvalue weighted by molar-refractivity contribution is 5.93. The molecule has 0 saturated carbocycles. The number of rotatable bonds is 5. The van der Waals surface area contributed by atoms with Crippen molar-refractivity contribution in [2.24, 2.45) is 0 Å². The molecule has 18 heavy (non-hydrogen) atoms. The number of amides is 1. The Balaban J connectivity index is 2.63. The van der Waals surface area contributed by atoms with Crippen LogP contribution in [0.3, 0.4) is 0 Å². The van der Waals surface area contributed by atoms with Gasteiger partial charge < -0.3 is 5.32 Å². The molecule has 0 aliphatic rings. The van der Waals surface area contributed by atoms with Crippen molar-refractivity contribution in [2.75, 3.05) is 0 Å². The Morgan fingerprint density at radius 2 is 1.94 bits per heavy atom. The van der Waals surface area contributed by atoms with Crippen molar-refractivity contribution in [2.45, 2.75) is 6.92 Å². The van der Waals surface area contributed by atoms with Crippen molar-refractivity contribution >= 4 is 12.0 Å². The van der Waals surface area contributed by atoms with Crippen molar-refractivity contribution < 1.29 is 4.79 Å². The molecule has 1 aromatic carbocycles. The van der Waals surface area contributed by atoms with Crippen LogP contribution in [-0.4, -0.2) is 5.91 Å². The lowest BCUT2D eigenvalue weighted by molar-refractivity contribution is -0.115. The fraction of sp³-hybridized carbons (Fsp3) is 0.0625. The van der Waals surface area contributed by atoms with E-state index in [0.29, 0.717) is 0 Å². The van der Waals surface area contributed by atoms with Crippen LogP contribution >= 0.6 is 0 Å². The third kappa shape index (κ3) is 5.12. The van der Waals surface area contributed by atoms with Crippen LogP contribution in [0.25, 0.3) is 6.08 Å². The predicted molar refractivity (Wildman–Crippen MR) is 76.7 cm³/mol. The lowest BCUT2D eigenvalue weighted by atomic mass is 10.2. The molecular weight excluding hydrogens is 222 g/mol. The Kier molecular flexibility index (Phi) is 5.98. The number of allylic oxidation sites excluding steroid dienone is 4. The van der Waals surface area contributed by atoms with Gasteiger partial charge in [-0.15, -0.1) is 0 Å². The van der Waals surface area contributed by atoms with Crippen molar-refractivity contribution in [1.29, 1.82) is 0 Å². The summed E-state index contributed by atoms with van der Waals surface area (Å²) >= 11 is 0. The topological polar surface area (TPSA) is 29.1 Å². The average molecular weight is 239 g/mol. The maximum Gasteiger partial charge on any atom is 0.248 e. The van der Waals surface area contributed by atoms with Gasteiger partial charge in [-0.1, -0.05) is 49.1 Å². The first-order chi connectivity index (χ1) is 8.76. The van der Waals surface area contributed by atoms with E-state index in [1.165, 1.54) is 6.08 Å². The molecule has 0 heterocycles. The Labute approximate surface area is 108 Å². The number of benzene rings is 1. The molecule has 0 bridgehead atoms. The van der Waals surface area contributed by atoms with Gasteiger partial charge in [0.15, 0.2) is 0 Å². The lowest BCUT2D eigenvalue weighted by Gasteiger charge is -2.01. The van der Waals surface area contributed by atoms with Gasteiger partial charge in [-0.25, -0.2) is 0 Å². The van der Waals surface area contributed by atoms with Crippen LogP contribution in [0, 0.1) is 0 Å². The minimum atomic E-state index is -0.162. The Morgan fingerprint density at radius 1 is 1.22 bits per heavy atom. The van der Waals surface area contributed by atoms with E-state index in [0.717, 1.165) is 11.3 Å². The van der Waals surface area contributed by atoms with E-state index < -0.39 is 0 Å². The van der Waals surface area contributed by atoms with E-state index >= 15 is 0 Å². The van der Waals surface area contributed by atoms with Gasteiger partial charge in [-0.05, 0) is 30.7 Å². The summed E-state index contributed by atoms with van der Waals surface area (Å²) in [5.41, 5.74) is 1.71. The highest BCUT2D eigenvalue weighted by Crippen LogP contribution is 2.01. The van der Waals surface area contributed by atoms with Gasteiger partial charge >= 0.3 is 0 Å². The molecule has 1 N–H and O–H groups in total. The molecule has 0 radical (unpaired) electrons. The maximum absolute atomic E-state index is 11.7. The van der Waals surface area contributed by atoms with Crippen molar-refractivity contribution in [3.8, 4) is 0 Å². The molecular formula is C16H17NO. The molecule has 0 aliphatic carbocycles. The maximum atomic E-state index is 11.7. The SMILES string of the molecule is C=C/C=C(\C=C/C)NC(=O)/C=C/c1ccccc1. The minimum Gasteiger partial charge on any atom is -0.323 e. The van der Waals surface area contributed by atoms with E-state index in [1.807, 2.05) is 49.4 Å². The first-order valence-corrected chi connectivity index (χ1v) is 5.76. The zero-order valence-electron chi connectivity index (χ0n) is 10.5. The zero-order chi connectivity index (χ0) is 13.2. The molecule has 0 aliphatic heterocycles. The first kappa shape index (κ1) is 13.7. The molecule has 0 atom stereocenters. The summed E-state index contributed by atoms with van der Waals surface area (Å²) in [5.74, 6) is -0.162. The molecule has 0 spiro atoms. The first-order valence-electron chi connectivity index (χ1n) is 5.76. The normalized spacial score (nSPS) is 11.9. The molecule has 1 aromatic rings. The Hall–Kier alpha value is -2.35. The summed E-state index contributed by atoms with van der Waals surface area (Å²) in [5, 5.41) is 2.77. The quantitative estimate of drug-likeness (QED) is 0.618. The monoisotopic (exact) mass is 239 g/mol. The van der Waals surface area contributed by atoms with Crippen LogP contribution in [0.2, 0.25) is 0 Å². The highest BCUT2D eigenvalue weighted by atomic mass is 16.1. The van der Waals surface area contributed by atoms with Crippen LogP contribution in [0.15, 0.2) is 73.0 Å². The van der Waals surface area contributed by atoms with Gasteiger partial charge in [0, 0.05) is 11.8 Å². The Bertz CT molecular complexity index is 481. The molecule has 1 rings (SSSR count). The fourth-order valence-electron chi connectivity index (χ4n) is 1.37. The summed E-state index contributed by atoms with van der Waals surface area (Å²) < 4.78 is 0. The van der Waals surface area contributed by atoms with Crippen molar-refractivity contribution in [3.05, 3.63) is 78.6 Å². The standard InChI is InChI=1S/C16H17NO/c1-3-8-15(9-4-2)17-16(18)13-12-14-10-6-5-7-11-14/h3-13H,1H2,2H3,(H,17,18)/b9-4-,13-12+,15-8+. The second kappa shape index (κ2) is 7.85. The van der Waals surface area contributed by atoms with E-state index in [9.17, 15) is 4.79 Å². The van der Waals surface area contributed by atoms with Crippen LogP contribution < -0.4 is 5.32 Å². The average Bonchev–Trinajstić information content (AvgIpc) is 2.38. The number of nitrogens with one attached hydrogen (secondary N) is 1. The van der Waals surface area contributed by atoms with Gasteiger partial charge in [0.1, 0.15) is 0 Å². The summed E-state index contributed by atoms with van der Waals surface area (Å²) in [7, 11) is 0. The minimum absolute atomic E-state index is 0.162. The summed E-state index contributed by atoms with van der Waals surface area (Å²) in [4.78, 5) is 11.7. The number of hydrogen-bond donors (Lipinski definition) is 1. The summed E-state index contributed by atoms with van der Waals surface area (Å²) in [6.07, 6.45) is 10.3. The van der Waals surface area contributed by atoms with E-state index in [2.05, 4.69) is 11.9 Å². The third-order valence-corrected chi connectivity index (χ3v) is 2.14. The Morgan fingerprint density at radius 3 is 2.56 bits per heavy atom. The number of carbonyl (C=O) groups is 1. The van der Waals surface area contributed by atoms with Gasteiger partial charge in [0.05, 0.1) is 0 Å². The van der Waals surface area contributed by atoms with Crippen LogP contribution in [0.1, 0.15) is 12.5 Å². The molecule has 2 heteroatoms. The van der Waals surface area contributed by atoms with E-state index in [4.69, 9.17) is 0 Å². The molecule has 92 valence electrons. The van der Waals surface area contributed by atoms with Gasteiger partial charge in [0.25, 0.3) is 0 Å². The van der Waals surface area contributed by atoms with Gasteiger partial charge in [0.2, 0.25) is 5.91 Å². The second-order valence-electron chi connectivity index (χ2n) is 3.59. The molecule has 0 unspecified atom stereocenters. The number of carbonyl (C=O) groups excluding carboxylic acids is 1. The molecule has 1 amide bonds. The fourth-order valence-corrected chi connectivity index (χ4v) is 1.37.